The lowest BCUT2D eigenvalue weighted by atomic mass is 9.93. The summed E-state index contributed by atoms with van der Waals surface area (Å²) in [6, 6.07) is 12.7. The van der Waals surface area contributed by atoms with Gasteiger partial charge in [0.05, 0.1) is 16.4 Å². The topological polar surface area (TPSA) is 109 Å². The van der Waals surface area contributed by atoms with Crippen molar-refractivity contribution >= 4 is 44.2 Å². The summed E-state index contributed by atoms with van der Waals surface area (Å²) in [5.74, 6) is -8.77. The number of nitrogens with one attached hydrogen (secondary N) is 1. The molecule has 3 atom stereocenters. The van der Waals surface area contributed by atoms with Gasteiger partial charge in [-0.05, 0) is 78.3 Å². The molecule has 1 N–H and O–H groups in total. The van der Waals surface area contributed by atoms with Gasteiger partial charge in [0.1, 0.15) is 23.9 Å². The molecule has 5 heterocycles. The first-order valence-electron chi connectivity index (χ1n) is 19.4. The minimum Gasteiger partial charge on any atom is -0.368 e. The summed E-state index contributed by atoms with van der Waals surface area (Å²) in [6.07, 6.45) is -1.03. The Morgan fingerprint density at radius 1 is 0.917 bits per heavy atom. The van der Waals surface area contributed by atoms with Crippen LogP contribution in [0.1, 0.15) is 68.9 Å². The van der Waals surface area contributed by atoms with Crippen LogP contribution in [0.25, 0.3) is 21.5 Å². The molecule has 4 aliphatic rings. The second kappa shape index (κ2) is 14.1. The van der Waals surface area contributed by atoms with Crippen molar-refractivity contribution < 1.29 is 40.3 Å². The van der Waals surface area contributed by atoms with Crippen molar-refractivity contribution in [2.45, 2.75) is 56.3 Å². The molecule has 10 nitrogen and oxygen atoms in total. The number of alkyl halides is 5. The maximum absolute atomic E-state index is 15.4. The van der Waals surface area contributed by atoms with Gasteiger partial charge in [-0.25, -0.2) is 13.8 Å². The Balaban J connectivity index is 1.04. The van der Waals surface area contributed by atoms with E-state index in [0.717, 1.165) is 23.4 Å². The molecule has 1 saturated carbocycles. The zero-order chi connectivity index (χ0) is 41.7. The van der Waals surface area contributed by atoms with Gasteiger partial charge in [0.15, 0.2) is 22.3 Å². The number of piperazine rings is 1. The number of carbonyl (C=O) groups is 2. The minimum atomic E-state index is -5.03. The van der Waals surface area contributed by atoms with Crippen LogP contribution in [0.2, 0.25) is 0 Å². The molecule has 0 unspecified atom stereocenters. The number of rotatable bonds is 9. The largest absolute Gasteiger partial charge is 0.435 e. The van der Waals surface area contributed by atoms with Crippen LogP contribution in [-0.2, 0) is 36.3 Å². The molecule has 2 fully saturated rings. The van der Waals surface area contributed by atoms with Crippen LogP contribution in [0.4, 0.5) is 41.6 Å². The minimum absolute atomic E-state index is 0.0482. The normalized spacial score (nSPS) is 19.7. The number of carbonyl (C=O) groups excluding carboxylic acids is 2. The Hall–Kier alpha value is -5.91. The van der Waals surface area contributed by atoms with Crippen molar-refractivity contribution in [1.29, 1.82) is 0 Å². The Bertz CT molecular complexity index is 2690. The highest BCUT2D eigenvalue weighted by Crippen LogP contribution is 2.68. The Labute approximate surface area is 341 Å². The average Bonchev–Trinajstić information content (AvgIpc) is 3.44. The fraction of sp³-hybridized carbons (Fsp3) is 0.333. The number of nitrogens with zero attached hydrogens (tertiary/aromatic N) is 7. The lowest BCUT2D eigenvalue weighted by molar-refractivity contribution is -0.142. The Morgan fingerprint density at radius 2 is 1.65 bits per heavy atom. The molecule has 0 spiro atoms. The lowest BCUT2D eigenvalue weighted by Gasteiger charge is -2.35. The quantitative estimate of drug-likeness (QED) is 0.146. The summed E-state index contributed by atoms with van der Waals surface area (Å²) in [6.45, 7) is 1.71. The number of amides is 1. The third kappa shape index (κ3) is 6.73. The highest BCUT2D eigenvalue weighted by Gasteiger charge is 2.68. The number of fused-ring (bicyclic) bond motifs is 5. The number of thiazole rings is 1. The zero-order valence-corrected chi connectivity index (χ0v) is 32.3. The van der Waals surface area contributed by atoms with Crippen molar-refractivity contribution in [1.82, 2.24) is 30.0 Å². The fourth-order valence-corrected chi connectivity index (χ4v) is 9.96. The van der Waals surface area contributed by atoms with Gasteiger partial charge in [-0.3, -0.25) is 19.3 Å². The number of halogens is 7. The number of benzene rings is 2. The monoisotopic (exact) mass is 846 g/mol. The molecule has 2 aromatic carbocycles. The van der Waals surface area contributed by atoms with Gasteiger partial charge < -0.3 is 15.1 Å². The van der Waals surface area contributed by atoms with Crippen LogP contribution < -0.4 is 15.1 Å². The maximum Gasteiger partial charge on any atom is 0.435 e. The Kier molecular flexibility index (Phi) is 9.00. The van der Waals surface area contributed by atoms with Gasteiger partial charge in [-0.15, -0.1) is 0 Å². The summed E-state index contributed by atoms with van der Waals surface area (Å²) in [4.78, 5) is 45.2. The molecule has 10 rings (SSSR count). The summed E-state index contributed by atoms with van der Waals surface area (Å²) < 4.78 is 103. The predicted octanol–water partition coefficient (Wildman–Crippen LogP) is 8.01. The average molecular weight is 847 g/mol. The van der Waals surface area contributed by atoms with E-state index in [1.807, 2.05) is 30.3 Å². The number of aromatic nitrogens is 5. The third-order valence-electron chi connectivity index (χ3n) is 11.8. The van der Waals surface area contributed by atoms with Crippen LogP contribution in [0.3, 0.4) is 0 Å². The molecule has 308 valence electrons. The van der Waals surface area contributed by atoms with E-state index >= 15 is 8.78 Å². The van der Waals surface area contributed by atoms with Crippen LogP contribution in [0.5, 0.6) is 0 Å². The van der Waals surface area contributed by atoms with E-state index in [9.17, 15) is 31.5 Å². The first-order valence-corrected chi connectivity index (χ1v) is 20.2. The van der Waals surface area contributed by atoms with Crippen LogP contribution in [-0.4, -0.2) is 62.6 Å². The first kappa shape index (κ1) is 38.3. The number of Topliss-reactive ketones (excluding diaryl/α,β-unsaturated/α-hetero) is 1. The first-order chi connectivity index (χ1) is 28.7. The van der Waals surface area contributed by atoms with Gasteiger partial charge in [0.2, 0.25) is 5.91 Å². The van der Waals surface area contributed by atoms with Crippen LogP contribution in [0, 0.1) is 17.6 Å². The van der Waals surface area contributed by atoms with E-state index in [-0.39, 0.29) is 29.9 Å². The van der Waals surface area contributed by atoms with Crippen molar-refractivity contribution in [2.24, 2.45) is 5.92 Å². The van der Waals surface area contributed by atoms with Gasteiger partial charge in [-0.1, -0.05) is 23.5 Å². The molecule has 1 saturated heterocycles. The standard InChI is InChI=1S/C42H33F7N8O2S/c43-24-13-21(14-25(44)17-24)15-31(51-34(59)20-57-38-35(37(54-57)42(47,48)49)29-18-30(29)41(38,45)46)36-28(23-2-1-22-3-4-32(58)27(22)16-23)19-33-39(52-36)53-40(60-33)56-11-9-55(10-12-56)26-5-7-50-8-6-26/h1-2,5-8,13-14,16-17,19,29-31H,3-4,9-12,15,18,20H2,(H,51,59)/t29-,30+,31-/m0/s1. The molecule has 1 aliphatic heterocycles. The number of pyridine rings is 2. The number of aryl methyl sites for hydroxylation is 1. The van der Waals surface area contributed by atoms with Crippen LogP contribution in [0.15, 0.2) is 67.0 Å². The van der Waals surface area contributed by atoms with E-state index in [2.05, 4.69) is 25.2 Å². The molecule has 4 aromatic heterocycles. The molecule has 6 aromatic rings. The van der Waals surface area contributed by atoms with Crippen molar-refractivity contribution in [2.75, 3.05) is 36.0 Å². The predicted molar refractivity (Wildman–Crippen MR) is 207 cm³/mol. The van der Waals surface area contributed by atoms with Gasteiger partial charge >= 0.3 is 6.18 Å². The molecule has 0 bridgehead atoms. The molecule has 1 amide bonds. The number of ketones is 1. The number of hydrogen-bond donors (Lipinski definition) is 1. The highest BCUT2D eigenvalue weighted by atomic mass is 32.1. The van der Waals surface area contributed by atoms with Crippen molar-refractivity contribution in [3.8, 4) is 11.1 Å². The smallest absolute Gasteiger partial charge is 0.368 e. The summed E-state index contributed by atoms with van der Waals surface area (Å²) in [7, 11) is 0. The molecule has 3 aliphatic carbocycles. The molecule has 18 heteroatoms. The van der Waals surface area contributed by atoms with E-state index in [4.69, 9.17) is 9.97 Å². The van der Waals surface area contributed by atoms with Crippen LogP contribution >= 0.6 is 11.3 Å². The van der Waals surface area contributed by atoms with Crippen molar-refractivity contribution in [3.05, 3.63) is 118 Å². The second-order valence-electron chi connectivity index (χ2n) is 15.7. The summed E-state index contributed by atoms with van der Waals surface area (Å²) in [5.41, 5.74) is 1.06. The third-order valence-corrected chi connectivity index (χ3v) is 12.9. The summed E-state index contributed by atoms with van der Waals surface area (Å²) >= 11 is 1.39. The van der Waals surface area contributed by atoms with E-state index in [1.54, 1.807) is 18.5 Å². The number of hydrogen-bond acceptors (Lipinski definition) is 9. The van der Waals surface area contributed by atoms with E-state index in [1.165, 1.54) is 11.3 Å². The fourth-order valence-electron chi connectivity index (χ4n) is 8.96. The van der Waals surface area contributed by atoms with Crippen molar-refractivity contribution in [3.63, 3.8) is 0 Å². The molecular weight excluding hydrogens is 814 g/mol. The van der Waals surface area contributed by atoms with E-state index in [0.29, 0.717) is 81.9 Å². The second-order valence-corrected chi connectivity index (χ2v) is 16.7. The lowest BCUT2D eigenvalue weighted by Crippen LogP contribution is -2.46. The number of anilines is 2. The maximum atomic E-state index is 15.4. The highest BCUT2D eigenvalue weighted by molar-refractivity contribution is 7.22. The SMILES string of the molecule is O=C(Cn1nc(C(F)(F)F)c2c1C(F)(F)[C@@H]1C[C@H]21)N[C@@H](Cc1cc(F)cc(F)c1)c1nc2nc(N3CCN(c4ccncc4)CC3)sc2cc1-c1ccc2c(c1)C(=O)CC2. The summed E-state index contributed by atoms with van der Waals surface area (Å²) in [5, 5.41) is 6.92. The van der Waals surface area contributed by atoms with Gasteiger partial charge in [0, 0.05) is 79.4 Å². The molecule has 60 heavy (non-hydrogen) atoms. The molecular formula is C42H33F7N8O2S. The van der Waals surface area contributed by atoms with Gasteiger partial charge in [-0.2, -0.15) is 32.0 Å². The van der Waals surface area contributed by atoms with Gasteiger partial charge in [0.25, 0.3) is 5.92 Å². The zero-order valence-electron chi connectivity index (χ0n) is 31.4. The Morgan fingerprint density at radius 3 is 2.38 bits per heavy atom. The van der Waals surface area contributed by atoms with E-state index < -0.39 is 71.0 Å². The molecule has 0 radical (unpaired) electrons.